The zero-order valence-corrected chi connectivity index (χ0v) is 70.7. The van der Waals surface area contributed by atoms with Crippen molar-refractivity contribution in [3.05, 3.63) is 180 Å². The van der Waals surface area contributed by atoms with Crippen LogP contribution in [0.2, 0.25) is 20.1 Å². The van der Waals surface area contributed by atoms with Crippen LogP contribution in [0.3, 0.4) is 0 Å². The molecule has 0 aromatic heterocycles. The monoisotopic (exact) mass is 1790 g/mol. The molecule has 18 atom stereocenters. The molecule has 15 rings (SSSR count). The lowest BCUT2D eigenvalue weighted by Crippen LogP contribution is -2.65. The number of primary amides is 1. The molecule has 662 valence electrons. The first-order valence-corrected chi connectivity index (χ1v) is 41.3. The van der Waals surface area contributed by atoms with E-state index in [1.54, 1.807) is 44.2 Å². The van der Waals surface area contributed by atoms with E-state index in [9.17, 15) is 50.4 Å². The quantitative estimate of drug-likeness (QED) is 0.0513. The molecule has 7 aromatic rings. The van der Waals surface area contributed by atoms with Crippen molar-refractivity contribution in [2.45, 2.75) is 176 Å². The molecular weight excluding hydrogens is 1700 g/mol. The number of rotatable bonds is 19. The van der Waals surface area contributed by atoms with Gasteiger partial charge in [-0.25, -0.2) is 0 Å². The predicted molar refractivity (Wildman–Crippen MR) is 446 cm³/mol. The van der Waals surface area contributed by atoms with Crippen molar-refractivity contribution in [2.75, 3.05) is 39.9 Å². The van der Waals surface area contributed by atoms with Crippen LogP contribution in [0.4, 0.5) is 0 Å². The van der Waals surface area contributed by atoms with Crippen LogP contribution in [-0.2, 0) is 70.5 Å². The van der Waals surface area contributed by atoms with Gasteiger partial charge in [-0.3, -0.25) is 38.4 Å². The molecule has 9 unspecified atom stereocenters. The van der Waals surface area contributed by atoms with Gasteiger partial charge in [-0.15, -0.1) is 0 Å². The zero-order chi connectivity index (χ0) is 89.2. The number of amides is 8. The number of morpholine rings is 1. The summed E-state index contributed by atoms with van der Waals surface area (Å²) in [6.45, 7) is 8.37. The molecule has 11 bridgehead atoms. The van der Waals surface area contributed by atoms with Crippen LogP contribution in [0.15, 0.2) is 115 Å². The molecule has 0 saturated carbocycles. The van der Waals surface area contributed by atoms with Gasteiger partial charge in [-0.2, -0.15) is 0 Å². The number of carbonyl (C=O) groups is 8. The van der Waals surface area contributed by atoms with Crippen molar-refractivity contribution in [2.24, 2.45) is 17.4 Å². The van der Waals surface area contributed by atoms with E-state index in [0.29, 0.717) is 15.8 Å². The molecule has 8 aliphatic rings. The van der Waals surface area contributed by atoms with Gasteiger partial charge in [0.25, 0.3) is 0 Å². The Morgan fingerprint density at radius 3 is 2.03 bits per heavy atom. The molecule has 35 nitrogen and oxygen atoms in total. The number of aliphatic hydroxyl groups is 5. The Hall–Kier alpha value is -10.4. The number of nitrogens with one attached hydrogen (secondary N) is 8. The molecule has 0 radical (unpaired) electrons. The van der Waals surface area contributed by atoms with E-state index in [1.165, 1.54) is 43.1 Å². The summed E-state index contributed by atoms with van der Waals surface area (Å²) in [6, 6.07) is 11.9. The second-order valence-electron chi connectivity index (χ2n) is 31.8. The lowest BCUT2D eigenvalue weighted by molar-refractivity contribution is -0.331. The summed E-state index contributed by atoms with van der Waals surface area (Å²) >= 11 is 27.0. The Balaban J connectivity index is 0.973. The van der Waals surface area contributed by atoms with Crippen LogP contribution < -0.4 is 72.9 Å². The van der Waals surface area contributed by atoms with Crippen LogP contribution in [0.5, 0.6) is 51.7 Å². The number of aryl methyl sites for hydroxylation is 1. The first-order valence-electron chi connectivity index (χ1n) is 39.8. The highest BCUT2D eigenvalue weighted by molar-refractivity contribution is 6.42. The first-order chi connectivity index (χ1) is 59.0. The summed E-state index contributed by atoms with van der Waals surface area (Å²) in [5, 5.41) is 119. The predicted octanol–water partition coefficient (Wildman–Crippen LogP) is 4.87. The van der Waals surface area contributed by atoms with Crippen LogP contribution in [0, 0.1) is 12.8 Å². The lowest BCUT2D eigenvalue weighted by atomic mass is 9.84. The largest absolute Gasteiger partial charge is 0.508 e. The van der Waals surface area contributed by atoms with Crippen LogP contribution in [0.1, 0.15) is 122 Å². The Morgan fingerprint density at radius 2 is 1.35 bits per heavy atom. The standard InChI is InChI=1S/C85H95Cl4N11O24/c1-36(2)21-53(92-6)77(110)98-68-70(106)44-22-37(3)73(52(89)26-44)121-59-28-43-27-58(74(59)124-84-75(72(108)71(107)60(33-90)122-84)123-62-32-85(5,76(109)38(4)119-62)93-34-39-7-12-46(13-8-39)118-35-40-9-14-49(86)50(87)23-40)120-57-16-11-42(25-51(57)88)69(105)67-82(115)97-66(83(116)100-17-19-117-20-18-100)48-29-45(101)30-56(103)63(48)47-24-41(10-15-55(47)102)64(79(112)99-67)96-80(113)65(43)95-78(111)54(31-61(91)104)94-81(68)114/h7-16,22-30,36,38,53-54,60,62,64-72,75-76,84,92-93,101-103,105-109H,17-21,31-35,90H2,1-6H3,(H2,91,104)(H,94,114)(H,95,111)(H,96,113)(H,97,115)(H,98,110)(H,99,112)/t38?,53-,54+,60?,62?,64-,65-,66-,67+,68-,69-,70-,71?,72?,75?,76?,84?,85?/m1/s1. The van der Waals surface area contributed by atoms with Gasteiger partial charge < -0.3 is 138 Å². The minimum atomic E-state index is -2.34. The van der Waals surface area contributed by atoms with Crippen molar-refractivity contribution in [1.82, 2.24) is 47.4 Å². The van der Waals surface area contributed by atoms with Gasteiger partial charge in [0.05, 0.1) is 58.0 Å². The summed E-state index contributed by atoms with van der Waals surface area (Å²) in [5.41, 5.74) is 10.3. The van der Waals surface area contributed by atoms with Crippen LogP contribution >= 0.6 is 46.4 Å². The zero-order valence-electron chi connectivity index (χ0n) is 67.7. The fourth-order valence-corrected chi connectivity index (χ4v) is 16.6. The molecule has 3 fully saturated rings. The molecule has 7 aromatic carbocycles. The van der Waals surface area contributed by atoms with E-state index in [4.69, 9.17) is 95.8 Å². The molecule has 8 amide bonds. The third kappa shape index (κ3) is 20.1. The number of hydrogen-bond acceptors (Lipinski definition) is 27. The fraction of sp³-hybridized carbons (Fsp3) is 0.412. The van der Waals surface area contributed by atoms with E-state index in [-0.39, 0.29) is 108 Å². The molecule has 124 heavy (non-hydrogen) atoms. The maximum absolute atomic E-state index is 16.4. The van der Waals surface area contributed by atoms with E-state index >= 15 is 28.8 Å². The second-order valence-corrected chi connectivity index (χ2v) is 33.4. The van der Waals surface area contributed by atoms with Crippen molar-refractivity contribution in [3.63, 3.8) is 0 Å². The SMILES string of the molecule is CN[C@H](CC(C)C)C(=O)N[C@H]1C(=O)N[C@@H](CC(N)=O)C(=O)N[C@H]2C(=O)N[C@H]3C(=O)N[C@H](C(=O)N[C@@H](C(=O)N4CCOCC4)c4cc(O)cc(O)c4-c4cc3ccc4O)[C@H](O)c3ccc(c(Cl)c3)Oc3cc2cc(c3OC2OC(CN)C(O)C(O)C2OC2CC(C)(NCc3ccc(OCc4ccc(Cl)c(Cl)c4)cc3)C(O)C(C)O2)Oc2c(C)cc(cc2Cl)[C@H]1O. The van der Waals surface area contributed by atoms with Gasteiger partial charge in [0.2, 0.25) is 59.3 Å². The number of nitrogens with zero attached hydrogens (tertiary/aromatic N) is 1. The average molecular weight is 1800 g/mol. The maximum Gasteiger partial charge on any atom is 0.249 e. The number of carbonyl (C=O) groups excluding carboxylic acids is 8. The van der Waals surface area contributed by atoms with Crippen molar-refractivity contribution < 1.29 is 117 Å². The summed E-state index contributed by atoms with van der Waals surface area (Å²) in [4.78, 5) is 123. The van der Waals surface area contributed by atoms with Crippen molar-refractivity contribution in [1.29, 1.82) is 0 Å². The van der Waals surface area contributed by atoms with Gasteiger partial charge in [0, 0.05) is 55.3 Å². The number of likely N-dealkylation sites (N-methyl/N-ethyl adjacent to an activating group) is 1. The summed E-state index contributed by atoms with van der Waals surface area (Å²) in [5.74, 6) is -13.7. The number of ether oxygens (including phenoxy) is 8. The van der Waals surface area contributed by atoms with Crippen molar-refractivity contribution >= 4 is 93.7 Å². The molecule has 39 heteroatoms. The molecule has 0 aliphatic carbocycles. The van der Waals surface area contributed by atoms with Crippen LogP contribution in [-0.4, -0.2) is 212 Å². The second kappa shape index (κ2) is 38.6. The number of halogens is 4. The van der Waals surface area contributed by atoms with Gasteiger partial charge in [0.1, 0.15) is 108 Å². The van der Waals surface area contributed by atoms with Gasteiger partial charge >= 0.3 is 0 Å². The summed E-state index contributed by atoms with van der Waals surface area (Å²) < 4.78 is 51.8. The highest BCUT2D eigenvalue weighted by atomic mass is 35.5. The Labute approximate surface area is 730 Å². The average Bonchev–Trinajstić information content (AvgIpc) is 0.764. The minimum absolute atomic E-state index is 0.0224. The first kappa shape index (κ1) is 91.3. The third-order valence-corrected chi connectivity index (χ3v) is 23.7. The van der Waals surface area contributed by atoms with E-state index < -0.39 is 220 Å². The molecule has 8 heterocycles. The Bertz CT molecular complexity index is 5210. The number of aliphatic hydroxyl groups excluding tert-OH is 5. The van der Waals surface area contributed by atoms with Gasteiger partial charge in [-0.1, -0.05) is 90.6 Å². The number of nitrogens with two attached hydrogens (primary N) is 2. The number of phenols is 3. The number of benzene rings is 7. The molecular formula is C85H95Cl4N11O24. The van der Waals surface area contributed by atoms with E-state index in [2.05, 4.69) is 42.5 Å². The maximum atomic E-state index is 16.4. The number of phenolic OH excluding ortho intramolecular Hbond substituents is 3. The number of fused-ring (bicyclic) bond motifs is 15. The normalized spacial score (nSPS) is 26.9. The van der Waals surface area contributed by atoms with Crippen molar-refractivity contribution in [3.8, 4) is 62.9 Å². The fourth-order valence-electron chi connectivity index (χ4n) is 15.7. The highest BCUT2D eigenvalue weighted by Gasteiger charge is 2.52. The summed E-state index contributed by atoms with van der Waals surface area (Å²) in [6.07, 6.45) is -18.1. The summed E-state index contributed by atoms with van der Waals surface area (Å²) in [7, 11) is 1.49. The topological polar surface area (TPSA) is 524 Å². The molecule has 8 aliphatic heterocycles. The number of hydrogen-bond donors (Lipinski definition) is 18. The molecule has 0 spiro atoms. The minimum Gasteiger partial charge on any atom is -0.508 e. The molecule has 20 N–H and O–H groups in total. The van der Waals surface area contributed by atoms with Gasteiger partial charge in [0.15, 0.2) is 23.9 Å². The number of aromatic hydroxyl groups is 3. The lowest BCUT2D eigenvalue weighted by Gasteiger charge is -2.48. The molecule has 3 saturated heterocycles. The highest BCUT2D eigenvalue weighted by Crippen LogP contribution is 2.51. The van der Waals surface area contributed by atoms with E-state index in [1.807, 2.05) is 26.0 Å². The third-order valence-electron chi connectivity index (χ3n) is 22.4. The van der Waals surface area contributed by atoms with Crippen LogP contribution in [0.25, 0.3) is 11.1 Å². The Morgan fingerprint density at radius 1 is 0.677 bits per heavy atom. The Kier molecular flexibility index (Phi) is 28.4. The smallest absolute Gasteiger partial charge is 0.249 e. The van der Waals surface area contributed by atoms with Gasteiger partial charge in [-0.05, 0) is 164 Å². The van der Waals surface area contributed by atoms with E-state index in [0.717, 1.165) is 59.7 Å².